The molecule has 0 aromatic heterocycles. The summed E-state index contributed by atoms with van der Waals surface area (Å²) in [6.07, 6.45) is 1.64. The van der Waals surface area contributed by atoms with Crippen molar-refractivity contribution in [1.29, 1.82) is 0 Å². The van der Waals surface area contributed by atoms with Gasteiger partial charge in [-0.3, -0.25) is 9.59 Å². The molecular formula is C20H21F2N3O2. The fourth-order valence-electron chi connectivity index (χ4n) is 2.53. The maximum Gasteiger partial charge on any atom is 0.246 e. The molecule has 0 radical (unpaired) electrons. The maximum absolute atomic E-state index is 13.9. The van der Waals surface area contributed by atoms with Gasteiger partial charge >= 0.3 is 0 Å². The second-order valence-electron chi connectivity index (χ2n) is 6.78. The molecule has 0 aliphatic heterocycles. The largest absolute Gasteiger partial charge is 0.374 e. The normalized spacial score (nSPS) is 14.4. The summed E-state index contributed by atoms with van der Waals surface area (Å²) in [5.41, 5.74) is 1.41. The van der Waals surface area contributed by atoms with Gasteiger partial charge in [0.2, 0.25) is 11.8 Å². The van der Waals surface area contributed by atoms with Gasteiger partial charge in [-0.25, -0.2) is 8.78 Å². The number of nitrogens with one attached hydrogen (secondary N) is 3. The Morgan fingerprint density at radius 1 is 1.00 bits per heavy atom. The highest BCUT2D eigenvalue weighted by Crippen LogP contribution is 2.31. The number of anilines is 3. The lowest BCUT2D eigenvalue weighted by Crippen LogP contribution is -2.32. The summed E-state index contributed by atoms with van der Waals surface area (Å²) in [6, 6.07) is 7.95. The lowest BCUT2D eigenvalue weighted by molar-refractivity contribution is -0.117. The monoisotopic (exact) mass is 373 g/mol. The van der Waals surface area contributed by atoms with E-state index in [2.05, 4.69) is 16.0 Å². The Morgan fingerprint density at radius 2 is 1.70 bits per heavy atom. The number of hydrogen-bond acceptors (Lipinski definition) is 3. The van der Waals surface area contributed by atoms with Crippen LogP contribution in [0.2, 0.25) is 0 Å². The number of carbonyl (C=O) groups excluding carboxylic acids is 2. The van der Waals surface area contributed by atoms with Crippen LogP contribution >= 0.6 is 0 Å². The third-order valence-electron chi connectivity index (χ3n) is 4.39. The van der Waals surface area contributed by atoms with Crippen LogP contribution < -0.4 is 16.0 Å². The Kier molecular flexibility index (Phi) is 5.39. The van der Waals surface area contributed by atoms with Crippen molar-refractivity contribution in [3.8, 4) is 0 Å². The van der Waals surface area contributed by atoms with Crippen LogP contribution in [0.4, 0.5) is 25.8 Å². The third-order valence-corrected chi connectivity index (χ3v) is 4.39. The van der Waals surface area contributed by atoms with E-state index in [1.165, 1.54) is 24.3 Å². The fourth-order valence-corrected chi connectivity index (χ4v) is 2.53. The quantitative estimate of drug-likeness (QED) is 0.715. The van der Waals surface area contributed by atoms with Gasteiger partial charge in [-0.15, -0.1) is 0 Å². The number of rotatable bonds is 6. The number of halogens is 2. The predicted molar refractivity (Wildman–Crippen MR) is 101 cm³/mol. The molecular weight excluding hydrogens is 352 g/mol. The summed E-state index contributed by atoms with van der Waals surface area (Å²) in [4.78, 5) is 24.1. The van der Waals surface area contributed by atoms with Crippen molar-refractivity contribution >= 4 is 28.9 Å². The molecule has 5 nitrogen and oxygen atoms in total. The van der Waals surface area contributed by atoms with E-state index in [0.717, 1.165) is 12.8 Å². The van der Waals surface area contributed by atoms with Gasteiger partial charge < -0.3 is 16.0 Å². The number of hydrogen-bond donors (Lipinski definition) is 3. The lowest BCUT2D eigenvalue weighted by atomic mass is 10.2. The van der Waals surface area contributed by atoms with E-state index in [1.54, 1.807) is 26.0 Å². The summed E-state index contributed by atoms with van der Waals surface area (Å²) in [6.45, 7) is 3.27. The molecule has 3 rings (SSSR count). The summed E-state index contributed by atoms with van der Waals surface area (Å²) in [5, 5.41) is 8.15. The van der Waals surface area contributed by atoms with Crippen molar-refractivity contribution < 1.29 is 18.4 Å². The molecule has 2 aromatic carbocycles. The highest BCUT2D eigenvalue weighted by atomic mass is 19.1. The first-order valence-electron chi connectivity index (χ1n) is 8.77. The van der Waals surface area contributed by atoms with E-state index in [1.807, 2.05) is 0 Å². The first-order valence-corrected chi connectivity index (χ1v) is 8.77. The molecule has 1 atom stereocenters. The molecule has 27 heavy (non-hydrogen) atoms. The summed E-state index contributed by atoms with van der Waals surface area (Å²) < 4.78 is 27.5. The Bertz CT molecular complexity index is 882. The Hall–Kier alpha value is -2.96. The molecule has 2 aromatic rings. The van der Waals surface area contributed by atoms with Gasteiger partial charge in [-0.2, -0.15) is 0 Å². The molecule has 3 N–H and O–H groups in total. The highest BCUT2D eigenvalue weighted by Gasteiger charge is 2.30. The fraction of sp³-hybridized carbons (Fsp3) is 0.300. The molecule has 142 valence electrons. The average Bonchev–Trinajstić information content (AvgIpc) is 3.46. The Labute approximate surface area is 156 Å². The minimum Gasteiger partial charge on any atom is -0.374 e. The summed E-state index contributed by atoms with van der Waals surface area (Å²) in [5.74, 6) is -1.55. The average molecular weight is 373 g/mol. The Balaban J connectivity index is 1.63. The summed E-state index contributed by atoms with van der Waals surface area (Å²) >= 11 is 0. The zero-order chi connectivity index (χ0) is 19.6. The van der Waals surface area contributed by atoms with E-state index >= 15 is 0 Å². The molecule has 0 spiro atoms. The van der Waals surface area contributed by atoms with Crippen molar-refractivity contribution in [3.05, 3.63) is 53.6 Å². The first kappa shape index (κ1) is 18.8. The van der Waals surface area contributed by atoms with Crippen molar-refractivity contribution in [1.82, 2.24) is 0 Å². The van der Waals surface area contributed by atoms with E-state index < -0.39 is 17.7 Å². The van der Waals surface area contributed by atoms with Crippen LogP contribution in [-0.2, 0) is 9.59 Å². The van der Waals surface area contributed by atoms with Crippen LogP contribution in [-0.4, -0.2) is 17.9 Å². The second-order valence-corrected chi connectivity index (χ2v) is 6.78. The van der Waals surface area contributed by atoms with Crippen molar-refractivity contribution in [3.63, 3.8) is 0 Å². The SMILES string of the molecule is Cc1ccc(NC(=O)C(C)Nc2ccc(F)c(NC(=O)C3CC3)c2)cc1F. The third kappa shape index (κ3) is 4.81. The molecule has 0 heterocycles. The zero-order valence-corrected chi connectivity index (χ0v) is 15.1. The topological polar surface area (TPSA) is 70.2 Å². The van der Waals surface area contributed by atoms with Crippen LogP contribution in [0.25, 0.3) is 0 Å². The molecule has 1 aliphatic carbocycles. The van der Waals surface area contributed by atoms with Crippen LogP contribution in [0.3, 0.4) is 0 Å². The number of amides is 2. The van der Waals surface area contributed by atoms with Crippen LogP contribution in [0.5, 0.6) is 0 Å². The van der Waals surface area contributed by atoms with Crippen LogP contribution in [0.15, 0.2) is 36.4 Å². The molecule has 0 saturated heterocycles. The van der Waals surface area contributed by atoms with E-state index in [0.29, 0.717) is 16.9 Å². The smallest absolute Gasteiger partial charge is 0.246 e. The lowest BCUT2D eigenvalue weighted by Gasteiger charge is -2.16. The maximum atomic E-state index is 13.9. The van der Waals surface area contributed by atoms with Gasteiger partial charge in [0.05, 0.1) is 5.69 Å². The first-order chi connectivity index (χ1) is 12.8. The van der Waals surface area contributed by atoms with E-state index in [9.17, 15) is 18.4 Å². The minimum absolute atomic E-state index is 0.0411. The predicted octanol–water partition coefficient (Wildman–Crippen LogP) is 4.06. The highest BCUT2D eigenvalue weighted by molar-refractivity contribution is 5.97. The van der Waals surface area contributed by atoms with Gasteiger partial charge in [0.15, 0.2) is 0 Å². The van der Waals surface area contributed by atoms with Gasteiger partial charge in [-0.1, -0.05) is 6.07 Å². The zero-order valence-electron chi connectivity index (χ0n) is 15.1. The number of aryl methyl sites for hydroxylation is 1. The van der Waals surface area contributed by atoms with Crippen LogP contribution in [0, 0.1) is 24.5 Å². The molecule has 1 aliphatic rings. The summed E-state index contributed by atoms with van der Waals surface area (Å²) in [7, 11) is 0. The van der Waals surface area contributed by atoms with Gasteiger partial charge in [0.25, 0.3) is 0 Å². The van der Waals surface area contributed by atoms with Crippen LogP contribution in [0.1, 0.15) is 25.3 Å². The molecule has 1 unspecified atom stereocenters. The second kappa shape index (κ2) is 7.73. The van der Waals surface area contributed by atoms with Crippen molar-refractivity contribution in [2.45, 2.75) is 32.7 Å². The van der Waals surface area contributed by atoms with E-state index in [4.69, 9.17) is 0 Å². The van der Waals surface area contributed by atoms with Crippen molar-refractivity contribution in [2.24, 2.45) is 5.92 Å². The molecule has 1 saturated carbocycles. The standard InChI is InChI=1S/C20H21F2N3O2/c1-11-3-6-14(9-17(11)22)24-19(26)12(2)23-15-7-8-16(21)18(10-15)25-20(27)13-4-5-13/h3,6-10,12-13,23H,4-5H2,1-2H3,(H,24,26)(H,25,27). The minimum atomic E-state index is -0.660. The van der Waals surface area contributed by atoms with Crippen molar-refractivity contribution in [2.75, 3.05) is 16.0 Å². The molecule has 1 fully saturated rings. The Morgan fingerprint density at radius 3 is 2.37 bits per heavy atom. The van der Waals surface area contributed by atoms with Gasteiger partial charge in [-0.05, 0) is 62.6 Å². The molecule has 0 bridgehead atoms. The molecule has 7 heteroatoms. The molecule has 2 amide bonds. The number of carbonyl (C=O) groups is 2. The van der Waals surface area contributed by atoms with Gasteiger partial charge in [0, 0.05) is 17.3 Å². The van der Waals surface area contributed by atoms with Gasteiger partial charge in [0.1, 0.15) is 17.7 Å². The van der Waals surface area contributed by atoms with E-state index in [-0.39, 0.29) is 23.4 Å². The number of benzene rings is 2.